The molecule has 5 nitrogen and oxygen atoms in total. The van der Waals surface area contributed by atoms with Gasteiger partial charge in [0.15, 0.2) is 0 Å². The first-order valence-electron chi connectivity index (χ1n) is 6.54. The fourth-order valence-electron chi connectivity index (χ4n) is 2.68. The van der Waals surface area contributed by atoms with Crippen LogP contribution in [0.1, 0.15) is 23.7 Å². The first-order valence-corrected chi connectivity index (χ1v) is 6.54. The smallest absolute Gasteiger partial charge is 0.335 e. The zero-order valence-electron chi connectivity index (χ0n) is 11.9. The number of nitrogens with one attached hydrogen (secondary N) is 1. The van der Waals surface area contributed by atoms with Crippen molar-refractivity contribution < 1.29 is 9.90 Å². The molecule has 0 spiro atoms. The van der Waals surface area contributed by atoms with Gasteiger partial charge in [0.25, 0.3) is 0 Å². The molecule has 1 aromatic rings. The second-order valence-corrected chi connectivity index (χ2v) is 4.86. The van der Waals surface area contributed by atoms with E-state index in [1.54, 1.807) is 12.1 Å². The minimum Gasteiger partial charge on any atom is -0.478 e. The average Bonchev–Trinajstić information content (AvgIpc) is 2.68. The number of aromatic carboxylic acids is 1. The Morgan fingerprint density at radius 3 is 2.55 bits per heavy atom. The summed E-state index contributed by atoms with van der Waals surface area (Å²) >= 11 is 0. The fourth-order valence-corrected chi connectivity index (χ4v) is 2.68. The van der Waals surface area contributed by atoms with Gasteiger partial charge >= 0.3 is 5.97 Å². The van der Waals surface area contributed by atoms with Crippen LogP contribution >= 0.6 is 0 Å². The van der Waals surface area contributed by atoms with Crippen LogP contribution in [0, 0.1) is 5.41 Å². The van der Waals surface area contributed by atoms with Gasteiger partial charge in [-0.3, -0.25) is 0 Å². The van der Waals surface area contributed by atoms with Gasteiger partial charge in [-0.05, 0) is 24.6 Å². The van der Waals surface area contributed by atoms with Crippen molar-refractivity contribution in [1.82, 2.24) is 0 Å². The Kier molecular flexibility index (Phi) is 3.79. The predicted octanol–water partition coefficient (Wildman–Crippen LogP) is 2.58. The van der Waals surface area contributed by atoms with Gasteiger partial charge in [-0.2, -0.15) is 0 Å². The van der Waals surface area contributed by atoms with Gasteiger partial charge in [0.1, 0.15) is 6.17 Å². The highest BCUT2D eigenvalue weighted by atomic mass is 16.4. The maximum Gasteiger partial charge on any atom is 0.335 e. The monoisotopic (exact) mass is 273 g/mol. The molecule has 0 aromatic heterocycles. The molecule has 106 valence electrons. The van der Waals surface area contributed by atoms with Crippen LogP contribution in [-0.2, 0) is 0 Å². The van der Waals surface area contributed by atoms with Crippen LogP contribution in [0.5, 0.6) is 0 Å². The van der Waals surface area contributed by atoms with Crippen LogP contribution in [0.15, 0.2) is 29.8 Å². The molecule has 1 aliphatic rings. The summed E-state index contributed by atoms with van der Waals surface area (Å²) in [6, 6.07) is 5.12. The summed E-state index contributed by atoms with van der Waals surface area (Å²) in [5.74, 6) is -0.927. The number of carboxylic acids is 1. The Labute approximate surface area is 118 Å². The van der Waals surface area contributed by atoms with Gasteiger partial charge in [-0.15, -0.1) is 0 Å². The summed E-state index contributed by atoms with van der Waals surface area (Å²) in [4.78, 5) is 15.2. The van der Waals surface area contributed by atoms with Gasteiger partial charge in [0.2, 0.25) is 0 Å². The summed E-state index contributed by atoms with van der Waals surface area (Å²) in [7, 11) is 3.88. The molecule has 2 rings (SSSR count). The van der Waals surface area contributed by atoms with E-state index < -0.39 is 5.97 Å². The van der Waals surface area contributed by atoms with E-state index in [2.05, 4.69) is 4.90 Å². The summed E-state index contributed by atoms with van der Waals surface area (Å²) in [6.07, 6.45) is 4.19. The Morgan fingerprint density at radius 2 is 2.00 bits per heavy atom. The molecule has 1 heterocycles. The van der Waals surface area contributed by atoms with Crippen LogP contribution in [0.4, 0.5) is 11.4 Å². The molecule has 0 amide bonds. The third kappa shape index (κ3) is 2.15. The van der Waals surface area contributed by atoms with Crippen LogP contribution in [0.2, 0.25) is 0 Å². The van der Waals surface area contributed by atoms with Crippen molar-refractivity contribution in [3.05, 3.63) is 35.4 Å². The van der Waals surface area contributed by atoms with Crippen LogP contribution in [0.3, 0.4) is 0 Å². The lowest BCUT2D eigenvalue weighted by atomic mass is 10.1. The van der Waals surface area contributed by atoms with E-state index in [-0.39, 0.29) is 11.7 Å². The molecule has 0 saturated heterocycles. The molecule has 0 radical (unpaired) electrons. The number of nitrogens with zero attached hydrogens (tertiary/aromatic N) is 2. The van der Waals surface area contributed by atoms with Crippen molar-refractivity contribution >= 4 is 23.6 Å². The minimum atomic E-state index is -0.927. The number of hydrogen-bond donors (Lipinski definition) is 2. The molecule has 2 N–H and O–H groups in total. The maximum atomic E-state index is 11.1. The van der Waals surface area contributed by atoms with Crippen LogP contribution in [0.25, 0.3) is 0 Å². The number of anilines is 2. The van der Waals surface area contributed by atoms with Crippen molar-refractivity contribution in [3.63, 3.8) is 0 Å². The first kappa shape index (κ1) is 14.1. The van der Waals surface area contributed by atoms with E-state index >= 15 is 0 Å². The van der Waals surface area contributed by atoms with Crippen molar-refractivity contribution in [1.29, 1.82) is 5.41 Å². The largest absolute Gasteiger partial charge is 0.478 e. The number of hydrogen-bond acceptors (Lipinski definition) is 4. The number of likely N-dealkylation sites (N-methyl/N-ethyl adjacent to an activating group) is 2. The standard InChI is InChI=1S/C15H19N3O2/c1-4-5-11(9-16)14-17(2)12-7-6-10(15(19)20)8-13(12)18(14)3/h5-9,14,16H,4H2,1-3H3,(H,19,20)/b11-5+,16-9?. The number of benzene rings is 1. The molecule has 5 heteroatoms. The van der Waals surface area contributed by atoms with E-state index in [4.69, 9.17) is 10.5 Å². The van der Waals surface area contributed by atoms with Gasteiger partial charge in [0.05, 0.1) is 16.9 Å². The third-order valence-corrected chi connectivity index (χ3v) is 3.62. The van der Waals surface area contributed by atoms with E-state index in [9.17, 15) is 4.79 Å². The quantitative estimate of drug-likeness (QED) is 0.827. The maximum absolute atomic E-state index is 11.1. The van der Waals surface area contributed by atoms with Crippen LogP contribution < -0.4 is 9.80 Å². The molecular formula is C15H19N3O2. The van der Waals surface area contributed by atoms with Crippen LogP contribution in [-0.4, -0.2) is 37.6 Å². The topological polar surface area (TPSA) is 67.6 Å². The SMILES string of the molecule is CC/C=C(\C=N)C1N(C)c2ccc(C(=O)O)cc2N1C. The van der Waals surface area contributed by atoms with Crippen molar-refractivity contribution in [2.24, 2.45) is 0 Å². The summed E-state index contributed by atoms with van der Waals surface area (Å²) in [5.41, 5.74) is 3.04. The minimum absolute atomic E-state index is 0.0634. The highest BCUT2D eigenvalue weighted by Gasteiger charge is 2.33. The Bertz CT molecular complexity index is 580. The summed E-state index contributed by atoms with van der Waals surface area (Å²) in [5, 5.41) is 16.7. The molecule has 0 saturated carbocycles. The van der Waals surface area contributed by atoms with E-state index in [0.717, 1.165) is 23.4 Å². The zero-order valence-corrected chi connectivity index (χ0v) is 11.9. The normalized spacial score (nSPS) is 18.1. The van der Waals surface area contributed by atoms with Crippen molar-refractivity contribution in [2.45, 2.75) is 19.5 Å². The zero-order chi connectivity index (χ0) is 14.9. The molecule has 0 bridgehead atoms. The van der Waals surface area contributed by atoms with Crippen molar-refractivity contribution in [2.75, 3.05) is 23.9 Å². The third-order valence-electron chi connectivity index (χ3n) is 3.62. The highest BCUT2D eigenvalue weighted by molar-refractivity contribution is 5.93. The van der Waals surface area contributed by atoms with E-state index in [1.165, 1.54) is 6.21 Å². The second-order valence-electron chi connectivity index (χ2n) is 4.86. The lowest BCUT2D eigenvalue weighted by Crippen LogP contribution is -2.41. The molecule has 1 unspecified atom stereocenters. The Hall–Kier alpha value is -2.30. The highest BCUT2D eigenvalue weighted by Crippen LogP contribution is 2.40. The van der Waals surface area contributed by atoms with Gasteiger partial charge in [-0.1, -0.05) is 13.0 Å². The van der Waals surface area contributed by atoms with Gasteiger partial charge in [0, 0.05) is 25.9 Å². The molecule has 20 heavy (non-hydrogen) atoms. The lowest BCUT2D eigenvalue weighted by molar-refractivity contribution is 0.0697. The summed E-state index contributed by atoms with van der Waals surface area (Å²) in [6.45, 7) is 2.04. The molecule has 1 atom stereocenters. The van der Waals surface area contributed by atoms with Crippen molar-refractivity contribution in [3.8, 4) is 0 Å². The summed E-state index contributed by atoms with van der Waals surface area (Å²) < 4.78 is 0. The Balaban J connectivity index is 2.46. The molecule has 0 aliphatic carbocycles. The van der Waals surface area contributed by atoms with Gasteiger partial charge in [-0.25, -0.2) is 4.79 Å². The number of fused-ring (bicyclic) bond motifs is 1. The number of rotatable bonds is 4. The number of carbonyl (C=O) groups is 1. The predicted molar refractivity (Wildman–Crippen MR) is 81.2 cm³/mol. The average molecular weight is 273 g/mol. The van der Waals surface area contributed by atoms with E-state index in [0.29, 0.717) is 0 Å². The molecule has 1 aliphatic heterocycles. The second kappa shape index (κ2) is 5.36. The fraction of sp³-hybridized carbons (Fsp3) is 0.333. The molecule has 1 aromatic carbocycles. The number of carboxylic acid groups (broad SMARTS) is 1. The first-order chi connectivity index (χ1) is 9.51. The molecule has 0 fully saturated rings. The lowest BCUT2D eigenvalue weighted by Gasteiger charge is -2.28. The molecular weight excluding hydrogens is 254 g/mol. The van der Waals surface area contributed by atoms with E-state index in [1.807, 2.05) is 38.1 Å². The Morgan fingerprint density at radius 1 is 1.35 bits per heavy atom. The number of allylic oxidation sites excluding steroid dienone is 1. The van der Waals surface area contributed by atoms with Gasteiger partial charge < -0.3 is 20.3 Å².